The van der Waals surface area contributed by atoms with Crippen LogP contribution in [0.4, 0.5) is 0 Å². The molecule has 3 heteroatoms. The summed E-state index contributed by atoms with van der Waals surface area (Å²) in [5, 5.41) is 11.3. The molecular formula is C17H23N3. The minimum absolute atomic E-state index is 0.408. The lowest BCUT2D eigenvalue weighted by molar-refractivity contribution is 0.626. The standard InChI is InChI=1S/C17H23N3/c1-3-5-13-7-9-14(10-8-13)16-12(2)19-20-17(16)15-6-4-11-18-15/h7-10,15,18H,3-6,11H2,1-2H3,(H,19,20). The molecule has 1 aliphatic heterocycles. The molecule has 1 unspecified atom stereocenters. The Kier molecular flexibility index (Phi) is 3.88. The van der Waals surface area contributed by atoms with Crippen LogP contribution in [0.25, 0.3) is 11.1 Å². The third kappa shape index (κ3) is 2.50. The molecular weight excluding hydrogens is 246 g/mol. The first-order valence-corrected chi connectivity index (χ1v) is 7.67. The average Bonchev–Trinajstić information content (AvgIpc) is 3.09. The van der Waals surface area contributed by atoms with Crippen molar-refractivity contribution in [2.24, 2.45) is 0 Å². The van der Waals surface area contributed by atoms with E-state index in [4.69, 9.17) is 0 Å². The molecule has 2 aromatic rings. The van der Waals surface area contributed by atoms with Crippen LogP contribution in [0.1, 0.15) is 49.2 Å². The third-order valence-electron chi connectivity index (χ3n) is 4.15. The lowest BCUT2D eigenvalue weighted by Gasteiger charge is -2.11. The van der Waals surface area contributed by atoms with Gasteiger partial charge in [0.25, 0.3) is 0 Å². The Hall–Kier alpha value is -1.61. The van der Waals surface area contributed by atoms with Gasteiger partial charge in [-0.1, -0.05) is 37.6 Å². The first-order valence-electron chi connectivity index (χ1n) is 7.67. The molecule has 0 aliphatic carbocycles. The van der Waals surface area contributed by atoms with Gasteiger partial charge in [-0.3, -0.25) is 5.10 Å². The van der Waals surface area contributed by atoms with Crippen molar-refractivity contribution in [2.75, 3.05) is 6.54 Å². The minimum atomic E-state index is 0.408. The molecule has 0 radical (unpaired) electrons. The third-order valence-corrected chi connectivity index (χ3v) is 4.15. The zero-order valence-electron chi connectivity index (χ0n) is 12.4. The van der Waals surface area contributed by atoms with Gasteiger partial charge in [0.1, 0.15) is 0 Å². The fourth-order valence-electron chi connectivity index (χ4n) is 3.11. The van der Waals surface area contributed by atoms with Gasteiger partial charge in [-0.25, -0.2) is 0 Å². The summed E-state index contributed by atoms with van der Waals surface area (Å²) < 4.78 is 0. The summed E-state index contributed by atoms with van der Waals surface area (Å²) in [5.74, 6) is 0. The maximum atomic E-state index is 4.55. The average molecular weight is 269 g/mol. The van der Waals surface area contributed by atoms with Crippen LogP contribution < -0.4 is 5.32 Å². The van der Waals surface area contributed by atoms with E-state index in [1.165, 1.54) is 41.6 Å². The maximum Gasteiger partial charge on any atom is 0.0872 e. The Bertz CT molecular complexity index is 562. The normalized spacial score (nSPS) is 18.6. The van der Waals surface area contributed by atoms with E-state index in [0.717, 1.165) is 18.7 Å². The molecule has 1 fully saturated rings. The lowest BCUT2D eigenvalue weighted by Crippen LogP contribution is -2.14. The van der Waals surface area contributed by atoms with Crippen molar-refractivity contribution in [3.63, 3.8) is 0 Å². The molecule has 0 bridgehead atoms. The number of hydrogen-bond donors (Lipinski definition) is 2. The number of aromatic nitrogens is 2. The number of aromatic amines is 1. The molecule has 0 spiro atoms. The van der Waals surface area contributed by atoms with Crippen LogP contribution in [0.2, 0.25) is 0 Å². The van der Waals surface area contributed by atoms with Crippen molar-refractivity contribution in [1.82, 2.24) is 15.5 Å². The van der Waals surface area contributed by atoms with Crippen molar-refractivity contribution in [3.05, 3.63) is 41.2 Å². The number of rotatable bonds is 4. The molecule has 3 nitrogen and oxygen atoms in total. The Morgan fingerprint density at radius 2 is 2.05 bits per heavy atom. The van der Waals surface area contributed by atoms with Gasteiger partial charge in [-0.2, -0.15) is 5.10 Å². The first-order chi connectivity index (χ1) is 9.79. The lowest BCUT2D eigenvalue weighted by atomic mass is 9.97. The van der Waals surface area contributed by atoms with Crippen molar-refractivity contribution in [1.29, 1.82) is 0 Å². The van der Waals surface area contributed by atoms with Gasteiger partial charge in [-0.15, -0.1) is 0 Å². The van der Waals surface area contributed by atoms with Gasteiger partial charge in [0, 0.05) is 11.3 Å². The summed E-state index contributed by atoms with van der Waals surface area (Å²) in [7, 11) is 0. The Morgan fingerprint density at radius 3 is 2.70 bits per heavy atom. The van der Waals surface area contributed by atoms with Crippen LogP contribution in [-0.4, -0.2) is 16.7 Å². The van der Waals surface area contributed by atoms with Crippen LogP contribution >= 0.6 is 0 Å². The van der Waals surface area contributed by atoms with E-state index in [9.17, 15) is 0 Å². The van der Waals surface area contributed by atoms with E-state index in [1.807, 2.05) is 0 Å². The Balaban J connectivity index is 1.94. The number of hydrogen-bond acceptors (Lipinski definition) is 2. The molecule has 2 N–H and O–H groups in total. The van der Waals surface area contributed by atoms with Crippen LogP contribution in [-0.2, 0) is 6.42 Å². The van der Waals surface area contributed by atoms with E-state index in [0.29, 0.717) is 6.04 Å². The predicted molar refractivity (Wildman–Crippen MR) is 82.7 cm³/mol. The largest absolute Gasteiger partial charge is 0.309 e. The zero-order chi connectivity index (χ0) is 13.9. The Morgan fingerprint density at radius 1 is 1.25 bits per heavy atom. The van der Waals surface area contributed by atoms with Crippen molar-refractivity contribution >= 4 is 0 Å². The summed E-state index contributed by atoms with van der Waals surface area (Å²) >= 11 is 0. The zero-order valence-corrected chi connectivity index (χ0v) is 12.4. The predicted octanol–water partition coefficient (Wildman–Crippen LogP) is 3.76. The summed E-state index contributed by atoms with van der Waals surface area (Å²) in [6, 6.07) is 9.38. The van der Waals surface area contributed by atoms with E-state index in [1.54, 1.807) is 0 Å². The summed E-state index contributed by atoms with van der Waals surface area (Å²) in [4.78, 5) is 0. The quantitative estimate of drug-likeness (QED) is 0.887. The minimum Gasteiger partial charge on any atom is -0.309 e. The molecule has 1 aromatic carbocycles. The smallest absolute Gasteiger partial charge is 0.0872 e. The van der Waals surface area contributed by atoms with Gasteiger partial charge < -0.3 is 5.32 Å². The number of H-pyrrole nitrogens is 1. The van der Waals surface area contributed by atoms with Crippen molar-refractivity contribution < 1.29 is 0 Å². The Labute approximate surface area is 120 Å². The second-order valence-electron chi connectivity index (χ2n) is 5.70. The molecule has 1 aliphatic rings. The summed E-state index contributed by atoms with van der Waals surface area (Å²) in [6.45, 7) is 5.43. The molecule has 0 saturated carbocycles. The highest BCUT2D eigenvalue weighted by Gasteiger charge is 2.23. The van der Waals surface area contributed by atoms with Gasteiger partial charge in [0.15, 0.2) is 0 Å². The van der Waals surface area contributed by atoms with Gasteiger partial charge in [0.2, 0.25) is 0 Å². The van der Waals surface area contributed by atoms with Gasteiger partial charge in [0.05, 0.1) is 11.7 Å². The monoisotopic (exact) mass is 269 g/mol. The molecule has 0 amide bonds. The van der Waals surface area contributed by atoms with Crippen molar-refractivity contribution in [2.45, 2.75) is 45.6 Å². The molecule has 2 heterocycles. The molecule has 20 heavy (non-hydrogen) atoms. The highest BCUT2D eigenvalue weighted by molar-refractivity contribution is 5.69. The number of benzene rings is 1. The second kappa shape index (κ2) is 5.80. The van der Waals surface area contributed by atoms with Crippen LogP contribution in [0.3, 0.4) is 0 Å². The van der Waals surface area contributed by atoms with Crippen molar-refractivity contribution in [3.8, 4) is 11.1 Å². The van der Waals surface area contributed by atoms with E-state index in [-0.39, 0.29) is 0 Å². The van der Waals surface area contributed by atoms with E-state index in [2.05, 4.69) is 53.6 Å². The van der Waals surface area contributed by atoms with Gasteiger partial charge in [-0.05, 0) is 43.9 Å². The van der Waals surface area contributed by atoms with E-state index >= 15 is 0 Å². The van der Waals surface area contributed by atoms with Crippen LogP contribution in [0, 0.1) is 6.92 Å². The van der Waals surface area contributed by atoms with Gasteiger partial charge >= 0.3 is 0 Å². The maximum absolute atomic E-state index is 4.55. The molecule has 3 rings (SSSR count). The second-order valence-corrected chi connectivity index (χ2v) is 5.70. The molecule has 1 atom stereocenters. The number of nitrogens with zero attached hydrogens (tertiary/aromatic N) is 1. The number of nitrogens with one attached hydrogen (secondary N) is 2. The topological polar surface area (TPSA) is 40.7 Å². The SMILES string of the molecule is CCCc1ccc(-c2c(C3CCCN3)n[nH]c2C)cc1. The summed E-state index contributed by atoms with van der Waals surface area (Å²) in [5.41, 5.74) is 6.32. The fourth-order valence-corrected chi connectivity index (χ4v) is 3.11. The molecule has 1 saturated heterocycles. The first kappa shape index (κ1) is 13.4. The molecule has 1 aromatic heterocycles. The summed E-state index contributed by atoms with van der Waals surface area (Å²) in [6.07, 6.45) is 4.78. The fraction of sp³-hybridized carbons (Fsp3) is 0.471. The van der Waals surface area contributed by atoms with Crippen LogP contribution in [0.5, 0.6) is 0 Å². The highest BCUT2D eigenvalue weighted by atomic mass is 15.1. The number of aryl methyl sites for hydroxylation is 2. The highest BCUT2D eigenvalue weighted by Crippen LogP contribution is 2.33. The van der Waals surface area contributed by atoms with E-state index < -0.39 is 0 Å². The van der Waals surface area contributed by atoms with Crippen LogP contribution in [0.15, 0.2) is 24.3 Å². The molecule has 106 valence electrons.